The number of benzene rings is 2. The van der Waals surface area contributed by atoms with Crippen LogP contribution in [0.15, 0.2) is 36.4 Å². The summed E-state index contributed by atoms with van der Waals surface area (Å²) in [6.45, 7) is 4.62. The Labute approximate surface area is 147 Å². The Hall–Kier alpha value is -2.20. The fraction of sp³-hybridized carbons (Fsp3) is 0.316. The third-order valence-electron chi connectivity index (χ3n) is 3.64. The van der Waals surface area contributed by atoms with Gasteiger partial charge in [0.1, 0.15) is 0 Å². The molecular weight excluding hydrogens is 326 g/mol. The van der Waals surface area contributed by atoms with Crippen LogP contribution in [0.4, 0.5) is 5.69 Å². The molecule has 0 atom stereocenters. The largest absolute Gasteiger partial charge is 0.493 e. The number of nitrogens with one attached hydrogen (secondary N) is 1. The zero-order valence-electron chi connectivity index (χ0n) is 14.2. The maximum absolute atomic E-state index is 12.5. The first-order valence-corrected chi connectivity index (χ1v) is 8.32. The molecule has 128 valence electrons. The lowest BCUT2D eigenvalue weighted by atomic mass is 10.1. The van der Waals surface area contributed by atoms with E-state index in [4.69, 9.17) is 21.1 Å². The molecule has 0 radical (unpaired) electrons. The first kappa shape index (κ1) is 18.1. The molecule has 2 aromatic carbocycles. The molecule has 0 aliphatic carbocycles. The van der Waals surface area contributed by atoms with E-state index in [2.05, 4.69) is 12.2 Å². The van der Waals surface area contributed by atoms with E-state index in [0.29, 0.717) is 34.4 Å². The predicted octanol–water partition coefficient (Wildman–Crippen LogP) is 5.09. The van der Waals surface area contributed by atoms with E-state index in [1.807, 2.05) is 19.1 Å². The molecule has 0 unspecified atom stereocenters. The number of methoxy groups -OCH3 is 1. The van der Waals surface area contributed by atoms with Gasteiger partial charge in [-0.15, -0.1) is 0 Å². The number of carbonyl (C=O) groups excluding carboxylic acids is 1. The van der Waals surface area contributed by atoms with E-state index in [-0.39, 0.29) is 5.91 Å². The van der Waals surface area contributed by atoms with Crippen molar-refractivity contribution in [2.45, 2.75) is 26.7 Å². The Balaban J connectivity index is 2.18. The van der Waals surface area contributed by atoms with Gasteiger partial charge in [0.05, 0.1) is 24.4 Å². The second-order valence-electron chi connectivity index (χ2n) is 5.45. The van der Waals surface area contributed by atoms with Crippen molar-refractivity contribution in [2.75, 3.05) is 19.0 Å². The Morgan fingerprint density at radius 3 is 2.67 bits per heavy atom. The average Bonchev–Trinajstić information content (AvgIpc) is 2.58. The van der Waals surface area contributed by atoms with Crippen molar-refractivity contribution in [1.29, 1.82) is 0 Å². The van der Waals surface area contributed by atoms with Crippen molar-refractivity contribution in [1.82, 2.24) is 0 Å². The van der Waals surface area contributed by atoms with Gasteiger partial charge in [-0.25, -0.2) is 0 Å². The van der Waals surface area contributed by atoms with Crippen LogP contribution in [0.2, 0.25) is 5.02 Å². The molecule has 0 spiro atoms. The molecule has 0 saturated carbocycles. The van der Waals surface area contributed by atoms with Gasteiger partial charge < -0.3 is 14.8 Å². The number of unbranched alkanes of at least 4 members (excludes halogenated alkanes) is 1. The lowest BCUT2D eigenvalue weighted by Gasteiger charge is -2.13. The monoisotopic (exact) mass is 347 g/mol. The molecule has 0 aliphatic heterocycles. The average molecular weight is 348 g/mol. The highest BCUT2D eigenvalue weighted by atomic mass is 35.5. The third kappa shape index (κ3) is 4.42. The fourth-order valence-electron chi connectivity index (χ4n) is 2.23. The van der Waals surface area contributed by atoms with Crippen molar-refractivity contribution < 1.29 is 14.3 Å². The van der Waals surface area contributed by atoms with Gasteiger partial charge >= 0.3 is 0 Å². The van der Waals surface area contributed by atoms with Crippen LogP contribution < -0.4 is 14.8 Å². The number of carbonyl (C=O) groups is 1. The lowest BCUT2D eigenvalue weighted by Crippen LogP contribution is -2.13. The summed E-state index contributed by atoms with van der Waals surface area (Å²) >= 11 is 6.16. The number of halogens is 1. The van der Waals surface area contributed by atoms with E-state index >= 15 is 0 Å². The van der Waals surface area contributed by atoms with E-state index < -0.39 is 0 Å². The second-order valence-corrected chi connectivity index (χ2v) is 5.86. The van der Waals surface area contributed by atoms with Crippen molar-refractivity contribution in [3.63, 3.8) is 0 Å². The minimum absolute atomic E-state index is 0.246. The fourth-order valence-corrected chi connectivity index (χ4v) is 2.50. The van der Waals surface area contributed by atoms with Gasteiger partial charge in [0, 0.05) is 5.56 Å². The molecule has 1 amide bonds. The number of hydrogen-bond acceptors (Lipinski definition) is 3. The first-order valence-electron chi connectivity index (χ1n) is 7.94. The summed E-state index contributed by atoms with van der Waals surface area (Å²) in [4.78, 5) is 12.5. The maximum atomic E-state index is 12.5. The molecule has 2 rings (SSSR count). The van der Waals surface area contributed by atoms with Crippen LogP contribution in [-0.2, 0) is 0 Å². The molecule has 0 saturated heterocycles. The summed E-state index contributed by atoms with van der Waals surface area (Å²) in [5, 5.41) is 3.36. The molecule has 5 heteroatoms. The Morgan fingerprint density at radius 2 is 2.00 bits per heavy atom. The highest BCUT2D eigenvalue weighted by molar-refractivity contribution is 6.34. The molecule has 2 aromatic rings. The number of anilines is 1. The van der Waals surface area contributed by atoms with Crippen LogP contribution >= 0.6 is 11.6 Å². The first-order chi connectivity index (χ1) is 11.6. The summed E-state index contributed by atoms with van der Waals surface area (Å²) in [5.74, 6) is 0.927. The number of amides is 1. The quantitative estimate of drug-likeness (QED) is 0.710. The summed E-state index contributed by atoms with van der Waals surface area (Å²) in [6, 6.07) is 10.6. The van der Waals surface area contributed by atoms with Crippen LogP contribution in [0.5, 0.6) is 11.5 Å². The van der Waals surface area contributed by atoms with Gasteiger partial charge in [0.15, 0.2) is 11.5 Å². The Morgan fingerprint density at radius 1 is 1.21 bits per heavy atom. The molecule has 0 aliphatic rings. The number of aryl methyl sites for hydroxylation is 1. The summed E-state index contributed by atoms with van der Waals surface area (Å²) in [5.41, 5.74) is 2.00. The minimum atomic E-state index is -0.246. The highest BCUT2D eigenvalue weighted by Gasteiger charge is 2.13. The number of hydrogen-bond donors (Lipinski definition) is 1. The normalized spacial score (nSPS) is 10.3. The molecule has 24 heavy (non-hydrogen) atoms. The standard InChI is InChI=1S/C19H22ClNO3/c1-4-5-11-24-16-10-9-14(12-17(16)23-3)19(22)21-18-13(2)7-6-8-15(18)20/h6-10,12H,4-5,11H2,1-3H3,(H,21,22). The van der Waals surface area contributed by atoms with Crippen molar-refractivity contribution in [2.24, 2.45) is 0 Å². The van der Waals surface area contributed by atoms with Gasteiger partial charge in [-0.05, 0) is 43.2 Å². The van der Waals surface area contributed by atoms with Gasteiger partial charge in [0.2, 0.25) is 0 Å². The molecule has 4 nitrogen and oxygen atoms in total. The van der Waals surface area contributed by atoms with Crippen molar-refractivity contribution in [3.8, 4) is 11.5 Å². The third-order valence-corrected chi connectivity index (χ3v) is 3.96. The maximum Gasteiger partial charge on any atom is 0.255 e. The van der Waals surface area contributed by atoms with Crippen molar-refractivity contribution >= 4 is 23.2 Å². The van der Waals surface area contributed by atoms with Crippen molar-refractivity contribution in [3.05, 3.63) is 52.5 Å². The number of rotatable bonds is 7. The van der Waals surface area contributed by atoms with Gasteiger partial charge in [-0.1, -0.05) is 37.1 Å². The molecular formula is C19H22ClNO3. The van der Waals surface area contributed by atoms with Crippen LogP contribution in [-0.4, -0.2) is 19.6 Å². The number of para-hydroxylation sites is 1. The summed E-state index contributed by atoms with van der Waals surface area (Å²) < 4.78 is 11.0. The van der Waals surface area contributed by atoms with Gasteiger partial charge in [-0.3, -0.25) is 4.79 Å². The van der Waals surface area contributed by atoms with Crippen LogP contribution in [0.1, 0.15) is 35.7 Å². The lowest BCUT2D eigenvalue weighted by molar-refractivity contribution is 0.102. The van der Waals surface area contributed by atoms with E-state index in [0.717, 1.165) is 18.4 Å². The molecule has 0 fully saturated rings. The molecule has 0 heterocycles. The Bertz CT molecular complexity index is 696. The topological polar surface area (TPSA) is 47.6 Å². The van der Waals surface area contributed by atoms with E-state index in [1.54, 1.807) is 31.4 Å². The SMILES string of the molecule is CCCCOc1ccc(C(=O)Nc2c(C)cccc2Cl)cc1OC. The Kier molecular flexibility index (Phi) is 6.50. The zero-order valence-corrected chi connectivity index (χ0v) is 14.9. The van der Waals surface area contributed by atoms with Gasteiger partial charge in [-0.2, -0.15) is 0 Å². The summed E-state index contributed by atoms with van der Waals surface area (Å²) in [6.07, 6.45) is 2.02. The molecule has 0 aromatic heterocycles. The van der Waals surface area contributed by atoms with E-state index in [9.17, 15) is 4.79 Å². The smallest absolute Gasteiger partial charge is 0.255 e. The van der Waals surface area contributed by atoms with Crippen LogP contribution in [0.25, 0.3) is 0 Å². The van der Waals surface area contributed by atoms with Gasteiger partial charge in [0.25, 0.3) is 5.91 Å². The van der Waals surface area contributed by atoms with E-state index in [1.165, 1.54) is 0 Å². The second kappa shape index (κ2) is 8.60. The highest BCUT2D eigenvalue weighted by Crippen LogP contribution is 2.30. The number of ether oxygens (including phenoxy) is 2. The molecule has 0 bridgehead atoms. The predicted molar refractivity (Wildman–Crippen MR) is 97.5 cm³/mol. The minimum Gasteiger partial charge on any atom is -0.493 e. The molecule has 1 N–H and O–H groups in total. The zero-order chi connectivity index (χ0) is 17.5. The summed E-state index contributed by atoms with van der Waals surface area (Å²) in [7, 11) is 1.56. The van der Waals surface area contributed by atoms with Crippen LogP contribution in [0.3, 0.4) is 0 Å². The van der Waals surface area contributed by atoms with Crippen LogP contribution in [0, 0.1) is 6.92 Å².